The molecule has 1 N–H and O–H groups in total. The topological polar surface area (TPSA) is 153 Å². The van der Waals surface area contributed by atoms with Crippen LogP contribution in [0.15, 0.2) is 30.3 Å². The van der Waals surface area contributed by atoms with E-state index in [1.54, 1.807) is 0 Å². The van der Waals surface area contributed by atoms with Gasteiger partial charge in [-0.3, -0.25) is 33.7 Å². The summed E-state index contributed by atoms with van der Waals surface area (Å²) in [4.78, 5) is 90.0. The van der Waals surface area contributed by atoms with Crippen LogP contribution in [-0.2, 0) is 19.1 Å². The first-order valence-corrected chi connectivity index (χ1v) is 15.3. The van der Waals surface area contributed by atoms with E-state index >= 15 is 0 Å². The minimum absolute atomic E-state index is 0.0168. The molecule has 3 aromatic rings. The third-order valence-electron chi connectivity index (χ3n) is 8.93. The molecular formula is C37H38N2O9. The molecule has 0 atom stereocenters. The van der Waals surface area contributed by atoms with Crippen LogP contribution < -0.4 is 5.32 Å². The average Bonchev–Trinajstić information content (AvgIpc) is 3.27. The molecule has 0 unspecified atom stereocenters. The summed E-state index contributed by atoms with van der Waals surface area (Å²) < 4.78 is 10.3. The predicted octanol–water partition coefficient (Wildman–Crippen LogP) is 4.33. The van der Waals surface area contributed by atoms with Gasteiger partial charge in [-0.1, -0.05) is 12.1 Å². The van der Waals surface area contributed by atoms with Crippen LogP contribution in [0.1, 0.15) is 96.3 Å². The Morgan fingerprint density at radius 3 is 1.58 bits per heavy atom. The Morgan fingerprint density at radius 2 is 1.08 bits per heavy atom. The molecule has 0 fully saturated rings. The Kier molecular flexibility index (Phi) is 10.4. The summed E-state index contributed by atoms with van der Waals surface area (Å²) in [6.07, 6.45) is 0. The first kappa shape index (κ1) is 35.4. The molecule has 4 rings (SSSR count). The van der Waals surface area contributed by atoms with Crippen molar-refractivity contribution >= 4 is 41.2 Å². The van der Waals surface area contributed by atoms with E-state index in [9.17, 15) is 33.6 Å². The second-order valence-corrected chi connectivity index (χ2v) is 12.1. The lowest BCUT2D eigenvalue weighted by molar-refractivity contribution is -0.142. The molecule has 11 nitrogen and oxygen atoms in total. The highest BCUT2D eigenvalue weighted by Crippen LogP contribution is 2.26. The number of aryl methyl sites for hydroxylation is 4. The highest BCUT2D eigenvalue weighted by atomic mass is 16.5. The number of esters is 2. The van der Waals surface area contributed by atoms with Crippen molar-refractivity contribution in [3.63, 3.8) is 0 Å². The number of amides is 3. The third kappa shape index (κ3) is 7.10. The van der Waals surface area contributed by atoms with E-state index in [0.29, 0.717) is 16.0 Å². The van der Waals surface area contributed by atoms with Crippen LogP contribution in [0.3, 0.4) is 0 Å². The lowest BCUT2D eigenvalue weighted by Gasteiger charge is -2.15. The molecular weight excluding hydrogens is 616 g/mol. The van der Waals surface area contributed by atoms with Crippen LogP contribution in [0.2, 0.25) is 0 Å². The number of hydrogen-bond acceptors (Lipinski definition) is 9. The molecule has 48 heavy (non-hydrogen) atoms. The average molecular weight is 655 g/mol. The quantitative estimate of drug-likeness (QED) is 0.181. The fraction of sp³-hybridized carbons (Fsp3) is 0.324. The van der Waals surface area contributed by atoms with Crippen LogP contribution in [0.4, 0.5) is 0 Å². The number of carbonyl (C=O) groups excluding carboxylic acids is 7. The van der Waals surface area contributed by atoms with Gasteiger partial charge in [0.2, 0.25) is 17.5 Å². The van der Waals surface area contributed by atoms with Crippen LogP contribution in [0.25, 0.3) is 0 Å². The number of rotatable bonds is 11. The molecule has 0 spiro atoms. The fourth-order valence-electron chi connectivity index (χ4n) is 5.76. The lowest BCUT2D eigenvalue weighted by atomic mass is 9.92. The summed E-state index contributed by atoms with van der Waals surface area (Å²) in [6.45, 7) is 12.6. The summed E-state index contributed by atoms with van der Waals surface area (Å²) >= 11 is 0. The molecule has 3 aromatic carbocycles. The van der Waals surface area contributed by atoms with Gasteiger partial charge >= 0.3 is 11.9 Å². The smallest absolute Gasteiger partial charge is 0.338 e. The van der Waals surface area contributed by atoms with E-state index in [4.69, 9.17) is 9.47 Å². The van der Waals surface area contributed by atoms with Gasteiger partial charge in [-0.25, -0.2) is 4.79 Å². The normalized spacial score (nSPS) is 12.1. The van der Waals surface area contributed by atoms with Crippen LogP contribution >= 0.6 is 0 Å². The lowest BCUT2D eigenvalue weighted by Crippen LogP contribution is -2.42. The van der Waals surface area contributed by atoms with Crippen molar-refractivity contribution in [2.45, 2.75) is 55.4 Å². The second-order valence-electron chi connectivity index (χ2n) is 12.1. The molecule has 1 aliphatic rings. The van der Waals surface area contributed by atoms with Gasteiger partial charge in [-0.2, -0.15) is 0 Å². The molecule has 0 aliphatic carbocycles. The third-order valence-corrected chi connectivity index (χ3v) is 8.93. The highest BCUT2D eigenvalue weighted by molar-refractivity contribution is 6.23. The summed E-state index contributed by atoms with van der Waals surface area (Å²) in [5.74, 6) is -4.85. The zero-order chi connectivity index (χ0) is 35.6. The predicted molar refractivity (Wildman–Crippen MR) is 176 cm³/mol. The molecule has 1 heterocycles. The van der Waals surface area contributed by atoms with Crippen molar-refractivity contribution in [3.05, 3.63) is 103 Å². The number of Topliss-reactive ketones (excluding diaryl/α,β-unsaturated/α-hetero) is 2. The molecule has 0 saturated heterocycles. The maximum absolute atomic E-state index is 13.1. The number of imide groups is 1. The van der Waals surface area contributed by atoms with E-state index in [2.05, 4.69) is 5.32 Å². The number of ketones is 2. The summed E-state index contributed by atoms with van der Waals surface area (Å²) in [7, 11) is 0. The molecule has 0 saturated carbocycles. The van der Waals surface area contributed by atoms with Crippen molar-refractivity contribution < 1.29 is 43.0 Å². The first-order valence-electron chi connectivity index (χ1n) is 15.3. The molecule has 0 radical (unpaired) electrons. The van der Waals surface area contributed by atoms with Crippen molar-refractivity contribution in [3.8, 4) is 0 Å². The van der Waals surface area contributed by atoms with Crippen molar-refractivity contribution in [2.24, 2.45) is 0 Å². The largest absolute Gasteiger partial charge is 0.456 e. The first-order chi connectivity index (χ1) is 22.5. The molecule has 250 valence electrons. The summed E-state index contributed by atoms with van der Waals surface area (Å²) in [5.41, 5.74) is 7.77. The molecule has 11 heteroatoms. The Labute approximate surface area is 278 Å². The fourth-order valence-corrected chi connectivity index (χ4v) is 5.76. The van der Waals surface area contributed by atoms with Gasteiger partial charge in [0.15, 0.2) is 13.2 Å². The number of ether oxygens (including phenoxy) is 2. The van der Waals surface area contributed by atoms with Crippen LogP contribution in [0.5, 0.6) is 0 Å². The molecule has 0 bridgehead atoms. The number of nitrogens with zero attached hydrogens (tertiary/aromatic N) is 1. The number of nitrogens with one attached hydrogen (secondary N) is 1. The van der Waals surface area contributed by atoms with Gasteiger partial charge in [0.25, 0.3) is 11.8 Å². The molecule has 1 aliphatic heterocycles. The minimum Gasteiger partial charge on any atom is -0.456 e. The van der Waals surface area contributed by atoms with Gasteiger partial charge in [-0.15, -0.1) is 0 Å². The number of fused-ring (bicyclic) bond motifs is 1. The van der Waals surface area contributed by atoms with Gasteiger partial charge in [0, 0.05) is 11.1 Å². The van der Waals surface area contributed by atoms with E-state index in [1.165, 1.54) is 18.2 Å². The Bertz CT molecular complexity index is 1870. The standard InChI is InChI=1S/C37H38N2O9/c1-18-11-19(2)23(6)33(22(18)5)29(40)16-47-32(43)14-38-31(42)15-39-35(44)27-10-9-26(13-28(27)36(39)45)37(46)48-17-30(41)34-24(7)20(3)12-21(4)25(34)8/h9-13H,14-17H2,1-8H3,(H,38,42). The Morgan fingerprint density at radius 1 is 0.625 bits per heavy atom. The van der Waals surface area contributed by atoms with Crippen molar-refractivity contribution in [1.29, 1.82) is 0 Å². The molecule has 3 amide bonds. The van der Waals surface area contributed by atoms with Gasteiger partial charge < -0.3 is 14.8 Å². The summed E-state index contributed by atoms with van der Waals surface area (Å²) in [5, 5.41) is 2.29. The second kappa shape index (κ2) is 14.1. The highest BCUT2D eigenvalue weighted by Gasteiger charge is 2.37. The number of benzene rings is 3. The maximum Gasteiger partial charge on any atom is 0.338 e. The van der Waals surface area contributed by atoms with E-state index < -0.39 is 56.0 Å². The zero-order valence-electron chi connectivity index (χ0n) is 28.3. The van der Waals surface area contributed by atoms with E-state index in [0.717, 1.165) is 44.5 Å². The number of hydrogen-bond donors (Lipinski definition) is 1. The van der Waals surface area contributed by atoms with Crippen molar-refractivity contribution in [1.82, 2.24) is 10.2 Å². The number of carbonyl (C=O) groups is 7. The molecule has 0 aromatic heterocycles. The van der Waals surface area contributed by atoms with Gasteiger partial charge in [-0.05, 0) is 118 Å². The van der Waals surface area contributed by atoms with E-state index in [1.807, 2.05) is 67.5 Å². The SMILES string of the molecule is Cc1cc(C)c(C)c(C(=O)COC(=O)CNC(=O)CN2C(=O)c3ccc(C(=O)OCC(=O)c4c(C)c(C)cc(C)c4C)cc3C2=O)c1C. The minimum atomic E-state index is -0.872. The van der Waals surface area contributed by atoms with E-state index in [-0.39, 0.29) is 28.3 Å². The van der Waals surface area contributed by atoms with Gasteiger partial charge in [0.1, 0.15) is 13.1 Å². The van der Waals surface area contributed by atoms with Gasteiger partial charge in [0.05, 0.1) is 16.7 Å². The monoisotopic (exact) mass is 654 g/mol. The Balaban J connectivity index is 1.31. The Hall–Kier alpha value is -5.45. The van der Waals surface area contributed by atoms with Crippen molar-refractivity contribution in [2.75, 3.05) is 26.3 Å². The van der Waals surface area contributed by atoms with Crippen LogP contribution in [0, 0.1) is 55.4 Å². The zero-order valence-corrected chi connectivity index (χ0v) is 28.3. The maximum atomic E-state index is 13.1. The summed E-state index contributed by atoms with van der Waals surface area (Å²) in [6, 6.07) is 7.71. The van der Waals surface area contributed by atoms with Crippen LogP contribution in [-0.4, -0.2) is 72.4 Å².